The maximum atomic E-state index is 8.63. The van der Waals surface area contributed by atoms with Crippen molar-refractivity contribution in [1.82, 2.24) is 0 Å². The van der Waals surface area contributed by atoms with E-state index in [9.17, 15) is 0 Å². The summed E-state index contributed by atoms with van der Waals surface area (Å²) < 4.78 is 11.0. The quantitative estimate of drug-likeness (QED) is 0.317. The predicted octanol–water partition coefficient (Wildman–Crippen LogP) is 2.32. The first-order valence-electron chi connectivity index (χ1n) is 6.99. The first kappa shape index (κ1) is 15.3. The Balaban J connectivity index is 1.70. The molecule has 0 atom stereocenters. The molecule has 0 spiro atoms. The number of nitrogens with zero attached hydrogens (tertiary/aromatic N) is 2. The third kappa shape index (κ3) is 5.83. The molecule has 1 aromatic rings. The molecule has 2 rings (SSSR count). The van der Waals surface area contributed by atoms with Crippen molar-refractivity contribution >= 4 is 11.9 Å². The molecule has 1 saturated carbocycles. The molecule has 114 valence electrons. The molecule has 1 fully saturated rings. The molecule has 21 heavy (non-hydrogen) atoms. The van der Waals surface area contributed by atoms with Gasteiger partial charge in [0.15, 0.2) is 0 Å². The van der Waals surface area contributed by atoms with Gasteiger partial charge in [-0.25, -0.2) is 0 Å². The lowest BCUT2D eigenvalue weighted by Gasteiger charge is -2.07. The van der Waals surface area contributed by atoms with Crippen molar-refractivity contribution in [3.05, 3.63) is 29.8 Å². The van der Waals surface area contributed by atoms with Crippen molar-refractivity contribution in [2.45, 2.75) is 19.3 Å². The van der Waals surface area contributed by atoms with Crippen molar-refractivity contribution < 1.29 is 19.9 Å². The SMILES string of the molecule is O/N=C(/C=N/O)COc1ccc(CCOCC2CC2)cc1. The van der Waals surface area contributed by atoms with Crippen LogP contribution in [0.15, 0.2) is 34.6 Å². The average Bonchev–Trinajstić information content (AvgIpc) is 3.33. The van der Waals surface area contributed by atoms with Gasteiger partial charge in [-0.15, -0.1) is 0 Å². The minimum Gasteiger partial charge on any atom is -0.487 e. The molecular formula is C15H20N2O4. The van der Waals surface area contributed by atoms with Crippen LogP contribution in [0.4, 0.5) is 0 Å². The lowest BCUT2D eigenvalue weighted by Crippen LogP contribution is -2.13. The van der Waals surface area contributed by atoms with Crippen LogP contribution in [0.3, 0.4) is 0 Å². The van der Waals surface area contributed by atoms with E-state index in [1.54, 1.807) is 0 Å². The molecule has 6 nitrogen and oxygen atoms in total. The Bertz CT molecular complexity index is 481. The Kier molecular flexibility index (Phi) is 6.02. The van der Waals surface area contributed by atoms with Gasteiger partial charge in [-0.05, 0) is 42.9 Å². The molecule has 0 bridgehead atoms. The summed E-state index contributed by atoms with van der Waals surface area (Å²) in [5.74, 6) is 1.45. The van der Waals surface area contributed by atoms with E-state index in [2.05, 4.69) is 10.3 Å². The van der Waals surface area contributed by atoms with Gasteiger partial charge in [-0.1, -0.05) is 22.4 Å². The summed E-state index contributed by atoms with van der Waals surface area (Å²) in [5, 5.41) is 22.7. The zero-order valence-corrected chi connectivity index (χ0v) is 11.8. The molecule has 2 N–H and O–H groups in total. The summed E-state index contributed by atoms with van der Waals surface area (Å²) in [6.45, 7) is 1.66. The Morgan fingerprint density at radius 1 is 1.24 bits per heavy atom. The fraction of sp³-hybridized carbons (Fsp3) is 0.467. The van der Waals surface area contributed by atoms with E-state index < -0.39 is 0 Å². The van der Waals surface area contributed by atoms with Gasteiger partial charge in [-0.3, -0.25) is 0 Å². The molecule has 0 amide bonds. The lowest BCUT2D eigenvalue weighted by atomic mass is 10.1. The first-order chi connectivity index (χ1) is 10.3. The molecule has 1 aliphatic rings. The Hall–Kier alpha value is -2.08. The smallest absolute Gasteiger partial charge is 0.138 e. The second kappa shape index (κ2) is 8.26. The molecule has 0 saturated heterocycles. The van der Waals surface area contributed by atoms with E-state index in [-0.39, 0.29) is 12.3 Å². The third-order valence-electron chi connectivity index (χ3n) is 3.23. The molecule has 0 aromatic heterocycles. The Labute approximate surface area is 123 Å². The van der Waals surface area contributed by atoms with Gasteiger partial charge in [0, 0.05) is 6.61 Å². The lowest BCUT2D eigenvalue weighted by molar-refractivity contribution is 0.127. The summed E-state index contributed by atoms with van der Waals surface area (Å²) in [5.41, 5.74) is 1.32. The van der Waals surface area contributed by atoms with Crippen LogP contribution in [0.5, 0.6) is 5.75 Å². The molecule has 0 unspecified atom stereocenters. The number of hydrogen-bond acceptors (Lipinski definition) is 6. The predicted molar refractivity (Wildman–Crippen MR) is 78.7 cm³/mol. The molecule has 0 heterocycles. The van der Waals surface area contributed by atoms with E-state index in [0.717, 1.165) is 31.8 Å². The van der Waals surface area contributed by atoms with Crippen LogP contribution in [0, 0.1) is 5.92 Å². The Morgan fingerprint density at radius 3 is 2.62 bits per heavy atom. The zero-order valence-electron chi connectivity index (χ0n) is 11.8. The van der Waals surface area contributed by atoms with Crippen molar-refractivity contribution in [1.29, 1.82) is 0 Å². The average molecular weight is 292 g/mol. The molecule has 0 radical (unpaired) electrons. The monoisotopic (exact) mass is 292 g/mol. The normalized spacial score (nSPS) is 15.5. The van der Waals surface area contributed by atoms with E-state index in [1.165, 1.54) is 18.4 Å². The maximum absolute atomic E-state index is 8.63. The van der Waals surface area contributed by atoms with Crippen LogP contribution in [-0.4, -0.2) is 42.2 Å². The van der Waals surface area contributed by atoms with Crippen molar-refractivity contribution in [3.63, 3.8) is 0 Å². The van der Waals surface area contributed by atoms with Crippen molar-refractivity contribution in [2.75, 3.05) is 19.8 Å². The maximum Gasteiger partial charge on any atom is 0.138 e. The van der Waals surface area contributed by atoms with Crippen LogP contribution in [0.1, 0.15) is 18.4 Å². The molecule has 6 heteroatoms. The van der Waals surface area contributed by atoms with E-state index >= 15 is 0 Å². The van der Waals surface area contributed by atoms with Crippen LogP contribution < -0.4 is 4.74 Å². The van der Waals surface area contributed by atoms with Crippen LogP contribution >= 0.6 is 0 Å². The van der Waals surface area contributed by atoms with Crippen molar-refractivity contribution in [2.24, 2.45) is 16.2 Å². The minimum absolute atomic E-state index is 0.0321. The standard InChI is InChI=1S/C15H20N2O4/c18-16-9-14(17-19)11-21-15-5-3-12(4-6-15)7-8-20-10-13-1-2-13/h3-6,9,13,18-19H,1-2,7-8,10-11H2/b16-9+,17-14-. The highest BCUT2D eigenvalue weighted by Crippen LogP contribution is 2.28. The first-order valence-corrected chi connectivity index (χ1v) is 6.99. The van der Waals surface area contributed by atoms with Gasteiger partial charge in [0.2, 0.25) is 0 Å². The molecule has 0 aliphatic heterocycles. The van der Waals surface area contributed by atoms with Gasteiger partial charge >= 0.3 is 0 Å². The number of rotatable bonds is 9. The number of benzene rings is 1. The van der Waals surface area contributed by atoms with E-state index in [0.29, 0.717) is 5.75 Å². The summed E-state index contributed by atoms with van der Waals surface area (Å²) in [4.78, 5) is 0. The summed E-state index contributed by atoms with van der Waals surface area (Å²) in [6, 6.07) is 7.65. The summed E-state index contributed by atoms with van der Waals surface area (Å²) >= 11 is 0. The van der Waals surface area contributed by atoms with Gasteiger partial charge < -0.3 is 19.9 Å². The zero-order chi connectivity index (χ0) is 14.9. The number of oxime groups is 2. The van der Waals surface area contributed by atoms with Crippen molar-refractivity contribution in [3.8, 4) is 5.75 Å². The summed E-state index contributed by atoms with van der Waals surface area (Å²) in [6.07, 6.45) is 4.53. The minimum atomic E-state index is 0.0321. The highest BCUT2D eigenvalue weighted by atomic mass is 16.5. The number of hydrogen-bond donors (Lipinski definition) is 2. The van der Waals surface area contributed by atoms with Crippen LogP contribution in [0.25, 0.3) is 0 Å². The fourth-order valence-electron chi connectivity index (χ4n) is 1.79. The third-order valence-corrected chi connectivity index (χ3v) is 3.23. The number of ether oxygens (including phenoxy) is 2. The largest absolute Gasteiger partial charge is 0.487 e. The van der Waals surface area contributed by atoms with Gasteiger partial charge in [0.25, 0.3) is 0 Å². The fourth-order valence-corrected chi connectivity index (χ4v) is 1.79. The molecule has 1 aliphatic carbocycles. The Morgan fingerprint density at radius 2 is 2.00 bits per heavy atom. The highest BCUT2D eigenvalue weighted by Gasteiger charge is 2.20. The van der Waals surface area contributed by atoms with Gasteiger partial charge in [0.05, 0.1) is 12.8 Å². The van der Waals surface area contributed by atoms with Gasteiger partial charge in [0.1, 0.15) is 18.1 Å². The summed E-state index contributed by atoms with van der Waals surface area (Å²) in [7, 11) is 0. The van der Waals surface area contributed by atoms with Gasteiger partial charge in [-0.2, -0.15) is 0 Å². The second-order valence-electron chi connectivity index (χ2n) is 5.04. The topological polar surface area (TPSA) is 83.6 Å². The van der Waals surface area contributed by atoms with Crippen LogP contribution in [-0.2, 0) is 11.2 Å². The molecular weight excluding hydrogens is 272 g/mol. The molecule has 1 aromatic carbocycles. The highest BCUT2D eigenvalue weighted by molar-refractivity contribution is 6.30. The van der Waals surface area contributed by atoms with E-state index in [4.69, 9.17) is 19.9 Å². The second-order valence-corrected chi connectivity index (χ2v) is 5.04. The van der Waals surface area contributed by atoms with Crippen LogP contribution in [0.2, 0.25) is 0 Å². The van der Waals surface area contributed by atoms with E-state index in [1.807, 2.05) is 24.3 Å².